The number of carbonyl (C=O) groups is 1. The van der Waals surface area contributed by atoms with Crippen LogP contribution < -0.4 is 5.73 Å². The van der Waals surface area contributed by atoms with Gasteiger partial charge in [-0.25, -0.2) is 0 Å². The highest BCUT2D eigenvalue weighted by Gasteiger charge is 2.16. The molecule has 0 spiro atoms. The average Bonchev–Trinajstić information content (AvgIpc) is 2.73. The van der Waals surface area contributed by atoms with Gasteiger partial charge in [-0.1, -0.05) is 0 Å². The van der Waals surface area contributed by atoms with E-state index < -0.39 is 0 Å². The largest absolute Gasteiger partial charge is 0.469 e. The van der Waals surface area contributed by atoms with Crippen molar-refractivity contribution in [3.05, 3.63) is 21.9 Å². The minimum atomic E-state index is -0.280. The summed E-state index contributed by atoms with van der Waals surface area (Å²) in [6.45, 7) is 0.375. The highest BCUT2D eigenvalue weighted by atomic mass is 32.1. The third-order valence-corrected chi connectivity index (χ3v) is 3.17. The Kier molecular flexibility index (Phi) is 4.28. The molecule has 0 radical (unpaired) electrons. The number of carbonyl (C=O) groups excluding carboxylic acids is 1. The van der Waals surface area contributed by atoms with E-state index in [1.54, 1.807) is 11.4 Å². The summed E-state index contributed by atoms with van der Waals surface area (Å²) in [5.41, 5.74) is 6.18. The molecule has 0 aromatic carbocycles. The summed E-state index contributed by atoms with van der Waals surface area (Å²) in [4.78, 5) is 12.1. The fourth-order valence-corrected chi connectivity index (χ4v) is 2.16. The molecule has 80 valence electrons. The summed E-state index contributed by atoms with van der Waals surface area (Å²) >= 11 is 1.45. The lowest BCUT2D eigenvalue weighted by atomic mass is 10.0. The van der Waals surface area contributed by atoms with Crippen molar-refractivity contribution in [2.24, 2.45) is 5.73 Å². The zero-order valence-corrected chi connectivity index (χ0v) is 9.21. The minimum absolute atomic E-state index is 0.0513. The second-order valence-electron chi connectivity index (χ2n) is 3.06. The normalized spacial score (nSPS) is 11.8. The maximum atomic E-state index is 11.1. The van der Waals surface area contributed by atoms with Gasteiger partial charge in [0.25, 0.3) is 0 Å². The van der Waals surface area contributed by atoms with Crippen LogP contribution in [-0.4, -0.2) is 19.6 Å². The summed E-state index contributed by atoms with van der Waals surface area (Å²) < 4.78 is 4.58. The average molecular weight is 224 g/mol. The van der Waals surface area contributed by atoms with E-state index >= 15 is 0 Å². The lowest BCUT2D eigenvalue weighted by molar-refractivity contribution is -0.141. The third-order valence-electron chi connectivity index (χ3n) is 2.08. The van der Waals surface area contributed by atoms with Gasteiger partial charge in [-0.15, -0.1) is 11.3 Å². The van der Waals surface area contributed by atoms with Crippen LogP contribution in [0.2, 0.25) is 0 Å². The number of methoxy groups -OCH3 is 1. The van der Waals surface area contributed by atoms with Crippen LogP contribution >= 0.6 is 11.3 Å². The number of nitriles is 1. The van der Waals surface area contributed by atoms with Crippen LogP contribution in [0, 0.1) is 11.3 Å². The lowest BCUT2D eigenvalue weighted by Crippen LogP contribution is -2.16. The number of hydrogen-bond acceptors (Lipinski definition) is 5. The molecule has 5 heteroatoms. The van der Waals surface area contributed by atoms with E-state index in [1.165, 1.54) is 18.4 Å². The van der Waals surface area contributed by atoms with Crippen molar-refractivity contribution in [2.75, 3.05) is 13.7 Å². The molecule has 1 aromatic rings. The van der Waals surface area contributed by atoms with Gasteiger partial charge in [0.1, 0.15) is 6.07 Å². The highest BCUT2D eigenvalue weighted by molar-refractivity contribution is 7.10. The highest BCUT2D eigenvalue weighted by Crippen LogP contribution is 2.25. The van der Waals surface area contributed by atoms with E-state index in [1.807, 2.05) is 6.07 Å². The van der Waals surface area contributed by atoms with E-state index in [0.717, 1.165) is 4.88 Å². The second kappa shape index (κ2) is 5.49. The maximum Gasteiger partial charge on any atom is 0.306 e. The molecule has 1 heterocycles. The van der Waals surface area contributed by atoms with E-state index in [9.17, 15) is 4.79 Å². The van der Waals surface area contributed by atoms with Crippen molar-refractivity contribution < 1.29 is 9.53 Å². The van der Waals surface area contributed by atoms with Crippen LogP contribution in [0.5, 0.6) is 0 Å². The quantitative estimate of drug-likeness (QED) is 0.780. The van der Waals surface area contributed by atoms with Crippen LogP contribution in [0.4, 0.5) is 0 Å². The molecule has 4 nitrogen and oxygen atoms in total. The van der Waals surface area contributed by atoms with Crippen molar-refractivity contribution in [3.63, 3.8) is 0 Å². The predicted molar refractivity (Wildman–Crippen MR) is 57.5 cm³/mol. The first-order valence-corrected chi connectivity index (χ1v) is 5.34. The van der Waals surface area contributed by atoms with Crippen molar-refractivity contribution in [3.8, 4) is 6.07 Å². The summed E-state index contributed by atoms with van der Waals surface area (Å²) in [6.07, 6.45) is 0.262. The molecule has 0 aliphatic carbocycles. The van der Waals surface area contributed by atoms with Crippen LogP contribution in [0.1, 0.15) is 22.8 Å². The topological polar surface area (TPSA) is 76.1 Å². The zero-order chi connectivity index (χ0) is 11.3. The molecule has 0 fully saturated rings. The van der Waals surface area contributed by atoms with Gasteiger partial charge in [-0.3, -0.25) is 4.79 Å². The van der Waals surface area contributed by atoms with Crippen LogP contribution in [0.3, 0.4) is 0 Å². The molecule has 1 atom stereocenters. The van der Waals surface area contributed by atoms with Gasteiger partial charge in [-0.2, -0.15) is 5.26 Å². The van der Waals surface area contributed by atoms with E-state index in [2.05, 4.69) is 4.74 Å². The predicted octanol–water partition coefficient (Wildman–Crippen LogP) is 1.23. The number of esters is 1. The molecule has 0 amide bonds. The molecular formula is C10H12N2O2S. The van der Waals surface area contributed by atoms with Gasteiger partial charge < -0.3 is 10.5 Å². The second-order valence-corrected chi connectivity index (χ2v) is 4.01. The van der Waals surface area contributed by atoms with Gasteiger partial charge in [0.05, 0.1) is 19.1 Å². The van der Waals surface area contributed by atoms with Crippen molar-refractivity contribution >= 4 is 17.3 Å². The van der Waals surface area contributed by atoms with Gasteiger partial charge in [-0.05, 0) is 6.07 Å². The molecule has 0 saturated heterocycles. The van der Waals surface area contributed by atoms with Gasteiger partial charge >= 0.3 is 5.97 Å². The molecule has 15 heavy (non-hydrogen) atoms. The molecule has 0 saturated carbocycles. The molecule has 0 bridgehead atoms. The smallest absolute Gasteiger partial charge is 0.306 e. The fraction of sp³-hybridized carbons (Fsp3) is 0.400. The number of nitrogens with two attached hydrogens (primary N) is 1. The summed E-state index contributed by atoms with van der Waals surface area (Å²) in [5.74, 6) is -0.332. The monoisotopic (exact) mass is 224 g/mol. The molecule has 2 N–H and O–H groups in total. The van der Waals surface area contributed by atoms with E-state index in [-0.39, 0.29) is 18.3 Å². The number of rotatable bonds is 4. The van der Waals surface area contributed by atoms with Crippen LogP contribution in [0.15, 0.2) is 11.4 Å². The SMILES string of the molecule is COC(=O)CC(CN)c1cc(C#N)cs1. The van der Waals surface area contributed by atoms with Crippen molar-refractivity contribution in [1.82, 2.24) is 0 Å². The van der Waals surface area contributed by atoms with Crippen LogP contribution in [0.25, 0.3) is 0 Å². The number of hydrogen-bond donors (Lipinski definition) is 1. The maximum absolute atomic E-state index is 11.1. The first-order chi connectivity index (χ1) is 7.21. The Hall–Kier alpha value is -1.38. The molecule has 0 aliphatic rings. The number of ether oxygens (including phenoxy) is 1. The fourth-order valence-electron chi connectivity index (χ4n) is 1.21. The first kappa shape index (κ1) is 11.7. The Morgan fingerprint density at radius 1 is 1.80 bits per heavy atom. The van der Waals surface area contributed by atoms with Crippen molar-refractivity contribution in [2.45, 2.75) is 12.3 Å². The van der Waals surface area contributed by atoms with E-state index in [0.29, 0.717) is 12.1 Å². The van der Waals surface area contributed by atoms with Gasteiger partial charge in [0, 0.05) is 22.7 Å². The van der Waals surface area contributed by atoms with Gasteiger partial charge in [0.15, 0.2) is 0 Å². The molecule has 1 rings (SSSR count). The Bertz CT molecular complexity index is 381. The molecule has 0 aliphatic heterocycles. The standard InChI is InChI=1S/C10H12N2O2S/c1-14-10(13)3-8(5-12)9-2-7(4-11)6-15-9/h2,6,8H,3,5,12H2,1H3. The summed E-state index contributed by atoms with van der Waals surface area (Å²) in [5, 5.41) is 10.4. The Morgan fingerprint density at radius 2 is 2.53 bits per heavy atom. The lowest BCUT2D eigenvalue weighted by Gasteiger charge is -2.10. The van der Waals surface area contributed by atoms with Gasteiger partial charge in [0.2, 0.25) is 0 Å². The third kappa shape index (κ3) is 3.05. The van der Waals surface area contributed by atoms with E-state index in [4.69, 9.17) is 11.0 Å². The zero-order valence-electron chi connectivity index (χ0n) is 8.40. The number of nitrogens with zero attached hydrogens (tertiary/aromatic N) is 1. The first-order valence-electron chi connectivity index (χ1n) is 4.46. The number of thiophene rings is 1. The summed E-state index contributed by atoms with van der Waals surface area (Å²) in [6, 6.07) is 3.82. The Morgan fingerprint density at radius 3 is 3.00 bits per heavy atom. The Labute approximate surface area is 92.3 Å². The van der Waals surface area contributed by atoms with Crippen molar-refractivity contribution in [1.29, 1.82) is 5.26 Å². The molecular weight excluding hydrogens is 212 g/mol. The molecule has 1 unspecified atom stereocenters. The summed E-state index contributed by atoms with van der Waals surface area (Å²) in [7, 11) is 1.35. The minimum Gasteiger partial charge on any atom is -0.469 e. The Balaban J connectivity index is 2.74. The van der Waals surface area contributed by atoms with Crippen LogP contribution in [-0.2, 0) is 9.53 Å². The molecule has 1 aromatic heterocycles.